The average Bonchev–Trinajstić information content (AvgIpc) is 2.43. The highest BCUT2D eigenvalue weighted by atomic mass is 19.4. The summed E-state index contributed by atoms with van der Waals surface area (Å²) in [6.07, 6.45) is -2.85. The van der Waals surface area contributed by atoms with Crippen molar-refractivity contribution in [2.45, 2.75) is 38.5 Å². The van der Waals surface area contributed by atoms with Crippen molar-refractivity contribution < 1.29 is 18.0 Å². The number of carbonyl (C=O) groups excluding carboxylic acids is 1. The quantitative estimate of drug-likeness (QED) is 0.927. The molecule has 6 heteroatoms. The highest BCUT2D eigenvalue weighted by Gasteiger charge is 2.34. The van der Waals surface area contributed by atoms with Gasteiger partial charge in [-0.2, -0.15) is 13.2 Å². The fraction of sp³-hybridized carbons (Fsp3) is 0.533. The van der Waals surface area contributed by atoms with Gasteiger partial charge in [0.15, 0.2) is 0 Å². The van der Waals surface area contributed by atoms with E-state index in [1.54, 1.807) is 6.07 Å². The lowest BCUT2D eigenvalue weighted by molar-refractivity contribution is -0.141. The molecule has 1 aromatic rings. The van der Waals surface area contributed by atoms with Crippen LogP contribution in [0.1, 0.15) is 30.9 Å². The normalized spacial score (nSPS) is 19.9. The van der Waals surface area contributed by atoms with Crippen LogP contribution in [-0.4, -0.2) is 29.9 Å². The minimum Gasteiger partial charge on any atom is -0.337 e. The predicted molar refractivity (Wildman–Crippen MR) is 73.6 cm³/mol. The summed E-state index contributed by atoms with van der Waals surface area (Å²) in [6.45, 7) is 3.10. The van der Waals surface area contributed by atoms with Crippen LogP contribution in [0.2, 0.25) is 0 Å². The number of carbonyl (C=O) groups is 1. The van der Waals surface area contributed by atoms with Gasteiger partial charge in [0.1, 0.15) is 0 Å². The monoisotopic (exact) mass is 300 g/mol. The molecule has 1 aromatic carbocycles. The third kappa shape index (κ3) is 3.75. The van der Waals surface area contributed by atoms with Gasteiger partial charge in [0.25, 0.3) is 0 Å². The Morgan fingerprint density at radius 2 is 2.05 bits per heavy atom. The molecule has 1 amide bonds. The van der Waals surface area contributed by atoms with Gasteiger partial charge < -0.3 is 10.2 Å². The number of likely N-dealkylation sites (N-methyl/N-ethyl adjacent to an activating group) is 1. The van der Waals surface area contributed by atoms with Gasteiger partial charge in [-0.25, -0.2) is 0 Å². The van der Waals surface area contributed by atoms with Crippen LogP contribution in [-0.2, 0) is 17.5 Å². The molecule has 116 valence electrons. The molecular weight excluding hydrogens is 281 g/mol. The second-order valence-corrected chi connectivity index (χ2v) is 5.17. The third-order valence-electron chi connectivity index (χ3n) is 3.67. The highest BCUT2D eigenvalue weighted by molar-refractivity contribution is 5.82. The van der Waals surface area contributed by atoms with E-state index in [1.807, 2.05) is 6.92 Å². The molecule has 1 aliphatic rings. The van der Waals surface area contributed by atoms with E-state index in [1.165, 1.54) is 17.0 Å². The van der Waals surface area contributed by atoms with Gasteiger partial charge in [-0.05, 0) is 31.0 Å². The number of amides is 1. The van der Waals surface area contributed by atoms with Crippen molar-refractivity contribution >= 4 is 5.91 Å². The minimum absolute atomic E-state index is 0.0103. The summed E-state index contributed by atoms with van der Waals surface area (Å²) in [4.78, 5) is 13.8. The van der Waals surface area contributed by atoms with E-state index in [0.29, 0.717) is 13.1 Å². The van der Waals surface area contributed by atoms with Crippen molar-refractivity contribution in [1.29, 1.82) is 0 Å². The number of halogens is 3. The van der Waals surface area contributed by atoms with Gasteiger partial charge in [0.05, 0.1) is 11.6 Å². The van der Waals surface area contributed by atoms with Gasteiger partial charge in [0, 0.05) is 13.1 Å². The van der Waals surface area contributed by atoms with Crippen LogP contribution in [0.3, 0.4) is 0 Å². The smallest absolute Gasteiger partial charge is 0.337 e. The molecule has 1 unspecified atom stereocenters. The van der Waals surface area contributed by atoms with Crippen LogP contribution in [0.5, 0.6) is 0 Å². The molecule has 0 spiro atoms. The molecule has 0 aromatic heterocycles. The highest BCUT2D eigenvalue weighted by Crippen LogP contribution is 2.32. The molecule has 0 saturated carbocycles. The summed E-state index contributed by atoms with van der Waals surface area (Å²) in [5.74, 6) is -0.111. The largest absolute Gasteiger partial charge is 0.416 e. The number of piperidine rings is 1. The summed E-state index contributed by atoms with van der Waals surface area (Å²) in [6, 6.07) is 5.16. The number of hydrogen-bond donors (Lipinski definition) is 1. The van der Waals surface area contributed by atoms with Gasteiger partial charge in [-0.3, -0.25) is 4.79 Å². The number of hydrogen-bond acceptors (Lipinski definition) is 2. The van der Waals surface area contributed by atoms with Crippen molar-refractivity contribution in [3.63, 3.8) is 0 Å². The van der Waals surface area contributed by atoms with E-state index in [-0.39, 0.29) is 24.1 Å². The Bertz CT molecular complexity index is 500. The Kier molecular flexibility index (Phi) is 4.88. The lowest BCUT2D eigenvalue weighted by Crippen LogP contribution is -2.50. The van der Waals surface area contributed by atoms with Crippen molar-refractivity contribution in [2.24, 2.45) is 0 Å². The Balaban J connectivity index is 2.16. The first-order valence-corrected chi connectivity index (χ1v) is 7.10. The molecule has 1 N–H and O–H groups in total. The van der Waals surface area contributed by atoms with Crippen LogP contribution >= 0.6 is 0 Å². The Morgan fingerprint density at radius 1 is 1.33 bits per heavy atom. The molecule has 3 nitrogen and oxygen atoms in total. The van der Waals surface area contributed by atoms with Crippen LogP contribution in [0.15, 0.2) is 24.3 Å². The molecule has 1 heterocycles. The maximum absolute atomic E-state index is 13.0. The fourth-order valence-electron chi connectivity index (χ4n) is 2.67. The van der Waals surface area contributed by atoms with Crippen molar-refractivity contribution in [1.82, 2.24) is 10.2 Å². The second kappa shape index (κ2) is 6.47. The van der Waals surface area contributed by atoms with Crippen LogP contribution < -0.4 is 5.32 Å². The first kappa shape index (κ1) is 15.8. The molecule has 0 radical (unpaired) electrons. The van der Waals surface area contributed by atoms with Crippen LogP contribution in [0.25, 0.3) is 0 Å². The molecule has 1 saturated heterocycles. The standard InChI is InChI=1S/C15H19F3N2O/c1-2-19-13-8-5-9-20(14(13)21)10-11-6-3-4-7-12(11)15(16,17)18/h3-4,6-7,13,19H,2,5,8-10H2,1H3. The average molecular weight is 300 g/mol. The fourth-order valence-corrected chi connectivity index (χ4v) is 2.67. The number of likely N-dealkylation sites (tertiary alicyclic amines) is 1. The van der Waals surface area contributed by atoms with E-state index in [9.17, 15) is 18.0 Å². The van der Waals surface area contributed by atoms with Crippen molar-refractivity contribution in [2.75, 3.05) is 13.1 Å². The van der Waals surface area contributed by atoms with Gasteiger partial charge >= 0.3 is 6.18 Å². The van der Waals surface area contributed by atoms with Crippen LogP contribution in [0, 0.1) is 0 Å². The van der Waals surface area contributed by atoms with E-state index in [2.05, 4.69) is 5.32 Å². The summed E-state index contributed by atoms with van der Waals surface area (Å²) in [5.41, 5.74) is -0.515. The number of benzene rings is 1. The molecule has 0 bridgehead atoms. The van der Waals surface area contributed by atoms with Gasteiger partial charge in [-0.1, -0.05) is 25.1 Å². The zero-order chi connectivity index (χ0) is 15.5. The Labute approximate surface area is 122 Å². The van der Waals surface area contributed by atoms with E-state index in [0.717, 1.165) is 18.9 Å². The molecule has 1 aliphatic heterocycles. The van der Waals surface area contributed by atoms with Gasteiger partial charge in [-0.15, -0.1) is 0 Å². The number of nitrogens with one attached hydrogen (secondary N) is 1. The zero-order valence-electron chi connectivity index (χ0n) is 11.9. The first-order valence-electron chi connectivity index (χ1n) is 7.10. The Morgan fingerprint density at radius 3 is 2.71 bits per heavy atom. The molecule has 1 fully saturated rings. The molecule has 21 heavy (non-hydrogen) atoms. The summed E-state index contributed by atoms with van der Waals surface area (Å²) in [7, 11) is 0. The predicted octanol–water partition coefficient (Wildman–Crippen LogP) is 2.81. The van der Waals surface area contributed by atoms with Crippen molar-refractivity contribution in [3.8, 4) is 0 Å². The topological polar surface area (TPSA) is 32.3 Å². The zero-order valence-corrected chi connectivity index (χ0v) is 11.9. The summed E-state index contributed by atoms with van der Waals surface area (Å²) in [5, 5.41) is 3.08. The summed E-state index contributed by atoms with van der Waals surface area (Å²) < 4.78 is 38.9. The van der Waals surface area contributed by atoms with E-state index in [4.69, 9.17) is 0 Å². The number of alkyl halides is 3. The first-order chi connectivity index (χ1) is 9.93. The van der Waals surface area contributed by atoms with E-state index < -0.39 is 11.7 Å². The van der Waals surface area contributed by atoms with E-state index >= 15 is 0 Å². The van der Waals surface area contributed by atoms with Crippen molar-refractivity contribution in [3.05, 3.63) is 35.4 Å². The molecular formula is C15H19F3N2O. The maximum atomic E-state index is 13.0. The second-order valence-electron chi connectivity index (χ2n) is 5.17. The Hall–Kier alpha value is -1.56. The molecule has 2 rings (SSSR count). The summed E-state index contributed by atoms with van der Waals surface area (Å²) >= 11 is 0. The molecule has 1 atom stereocenters. The SMILES string of the molecule is CCNC1CCCN(Cc2ccccc2C(F)(F)F)C1=O. The maximum Gasteiger partial charge on any atom is 0.416 e. The number of rotatable bonds is 4. The lowest BCUT2D eigenvalue weighted by atomic mass is 10.0. The number of nitrogens with zero attached hydrogens (tertiary/aromatic N) is 1. The lowest BCUT2D eigenvalue weighted by Gasteiger charge is -2.33. The minimum atomic E-state index is -4.39. The third-order valence-corrected chi connectivity index (χ3v) is 3.67. The molecule has 0 aliphatic carbocycles. The van der Waals surface area contributed by atoms with Gasteiger partial charge in [0.2, 0.25) is 5.91 Å². The van der Waals surface area contributed by atoms with Crippen LogP contribution in [0.4, 0.5) is 13.2 Å².